The molecule has 9 heteroatoms. The van der Waals surface area contributed by atoms with Crippen LogP contribution in [-0.4, -0.2) is 33.1 Å². The van der Waals surface area contributed by atoms with E-state index in [0.717, 1.165) is 0 Å². The number of carboxylic acids is 1. The van der Waals surface area contributed by atoms with E-state index in [1.54, 1.807) is 0 Å². The first-order valence-corrected chi connectivity index (χ1v) is 4.59. The lowest BCUT2D eigenvalue weighted by Gasteiger charge is -1.99. The molecule has 0 amide bonds. The lowest BCUT2D eigenvalue weighted by Crippen LogP contribution is -2.12. The van der Waals surface area contributed by atoms with Crippen LogP contribution in [0.5, 0.6) is 0 Å². The first kappa shape index (κ1) is 11.8. The van der Waals surface area contributed by atoms with Gasteiger partial charge in [0.1, 0.15) is 12.2 Å². The monoisotopic (exact) mass is 242 g/mol. The van der Waals surface area contributed by atoms with Crippen molar-refractivity contribution in [1.82, 2.24) is 10.1 Å². The van der Waals surface area contributed by atoms with Crippen LogP contribution in [-0.2, 0) is 11.2 Å². The number of thioether (sulfide) groups is 1. The van der Waals surface area contributed by atoms with Gasteiger partial charge in [0.25, 0.3) is 5.22 Å². The average molecular weight is 242 g/mol. The molecule has 1 aromatic rings. The van der Waals surface area contributed by atoms with Crippen molar-refractivity contribution >= 4 is 17.7 Å². The van der Waals surface area contributed by atoms with Crippen molar-refractivity contribution in [2.24, 2.45) is 0 Å². The lowest BCUT2D eigenvalue weighted by atomic mass is 10.4. The van der Waals surface area contributed by atoms with Crippen LogP contribution >= 0.6 is 11.8 Å². The normalized spacial score (nSPS) is 11.7. The minimum atomic E-state index is -4.40. The van der Waals surface area contributed by atoms with Gasteiger partial charge < -0.3 is 9.63 Å². The molecule has 0 aromatic carbocycles. The number of hydrogen-bond donors (Lipinski definition) is 1. The van der Waals surface area contributed by atoms with Crippen LogP contribution < -0.4 is 0 Å². The highest BCUT2D eigenvalue weighted by molar-refractivity contribution is 7.99. The molecule has 0 aliphatic rings. The van der Waals surface area contributed by atoms with Crippen molar-refractivity contribution in [2.45, 2.75) is 17.8 Å². The van der Waals surface area contributed by atoms with Crippen molar-refractivity contribution in [1.29, 1.82) is 0 Å². The van der Waals surface area contributed by atoms with Gasteiger partial charge in [-0.05, 0) is 0 Å². The number of alkyl halides is 3. The molecule has 0 spiro atoms. The van der Waals surface area contributed by atoms with E-state index in [4.69, 9.17) is 5.11 Å². The summed E-state index contributed by atoms with van der Waals surface area (Å²) in [7, 11) is 0. The van der Waals surface area contributed by atoms with Crippen LogP contribution in [0, 0.1) is 0 Å². The Morgan fingerprint density at radius 2 is 2.20 bits per heavy atom. The van der Waals surface area contributed by atoms with E-state index in [0.29, 0.717) is 11.8 Å². The Morgan fingerprint density at radius 3 is 2.73 bits per heavy atom. The highest BCUT2D eigenvalue weighted by Crippen LogP contribution is 2.21. The van der Waals surface area contributed by atoms with Crippen LogP contribution in [0.4, 0.5) is 13.2 Å². The molecule has 1 heterocycles. The Kier molecular flexibility index (Phi) is 3.56. The largest absolute Gasteiger partial charge is 0.481 e. The van der Waals surface area contributed by atoms with Crippen molar-refractivity contribution in [2.75, 3.05) is 5.75 Å². The molecule has 84 valence electrons. The van der Waals surface area contributed by atoms with E-state index in [-0.39, 0.29) is 11.0 Å². The first-order valence-electron chi connectivity index (χ1n) is 3.61. The fourth-order valence-corrected chi connectivity index (χ4v) is 1.18. The van der Waals surface area contributed by atoms with Crippen LogP contribution in [0.3, 0.4) is 0 Å². The molecule has 0 saturated heterocycles. The third-order valence-electron chi connectivity index (χ3n) is 1.13. The lowest BCUT2D eigenvalue weighted by molar-refractivity contribution is -0.134. The van der Waals surface area contributed by atoms with Gasteiger partial charge in [-0.3, -0.25) is 4.79 Å². The van der Waals surface area contributed by atoms with Gasteiger partial charge in [0.05, 0.1) is 0 Å². The second kappa shape index (κ2) is 4.51. The Bertz CT molecular complexity index is 352. The molecule has 0 aliphatic heterocycles. The van der Waals surface area contributed by atoms with Gasteiger partial charge in [-0.2, -0.15) is 18.2 Å². The Balaban J connectivity index is 2.53. The van der Waals surface area contributed by atoms with E-state index in [1.165, 1.54) is 0 Å². The third kappa shape index (κ3) is 4.68. The molecule has 1 aromatic heterocycles. The van der Waals surface area contributed by atoms with Crippen molar-refractivity contribution < 1.29 is 27.6 Å². The summed E-state index contributed by atoms with van der Waals surface area (Å²) in [5, 5.41) is 11.2. The van der Waals surface area contributed by atoms with Crippen LogP contribution in [0.2, 0.25) is 0 Å². The summed E-state index contributed by atoms with van der Waals surface area (Å²) in [4.78, 5) is 13.5. The van der Waals surface area contributed by atoms with Crippen LogP contribution in [0.25, 0.3) is 0 Å². The van der Waals surface area contributed by atoms with Gasteiger partial charge >= 0.3 is 12.1 Å². The molecular weight excluding hydrogens is 237 g/mol. The van der Waals surface area contributed by atoms with Gasteiger partial charge in [0.2, 0.25) is 0 Å². The Hall–Kier alpha value is -1.25. The van der Waals surface area contributed by atoms with E-state index < -0.39 is 24.4 Å². The van der Waals surface area contributed by atoms with E-state index in [1.807, 2.05) is 0 Å². The smallest absolute Gasteiger partial charge is 0.396 e. The zero-order valence-corrected chi connectivity index (χ0v) is 7.93. The van der Waals surface area contributed by atoms with Crippen molar-refractivity contribution in [3.63, 3.8) is 0 Å². The molecule has 0 bridgehead atoms. The fraction of sp³-hybridized carbons (Fsp3) is 0.500. The molecule has 0 unspecified atom stereocenters. The molecular formula is C6H5F3N2O3S. The maximum absolute atomic E-state index is 11.8. The first-order chi connectivity index (χ1) is 6.87. The summed E-state index contributed by atoms with van der Waals surface area (Å²) in [5.74, 6) is -1.96. The molecule has 5 nitrogen and oxygen atoms in total. The van der Waals surface area contributed by atoms with E-state index in [2.05, 4.69) is 14.7 Å². The maximum Gasteiger partial charge on any atom is 0.396 e. The number of halogens is 3. The second-order valence-electron chi connectivity index (χ2n) is 2.45. The molecule has 1 rings (SSSR count). The van der Waals surface area contributed by atoms with Gasteiger partial charge in [-0.1, -0.05) is 16.9 Å². The quantitative estimate of drug-likeness (QED) is 0.803. The molecule has 15 heavy (non-hydrogen) atoms. The summed E-state index contributed by atoms with van der Waals surface area (Å²) in [6.45, 7) is 0. The van der Waals surface area contributed by atoms with Gasteiger partial charge in [0, 0.05) is 0 Å². The predicted molar refractivity (Wildman–Crippen MR) is 42.4 cm³/mol. The Labute approximate surface area is 85.7 Å². The number of aromatic nitrogens is 2. The standard InChI is InChI=1S/C6H5F3N2O3S/c7-6(8,9)1-3-10-5(14-11-3)15-2-4(12)13/h1-2H2,(H,12,13). The van der Waals surface area contributed by atoms with Gasteiger partial charge in [-0.25, -0.2) is 0 Å². The Morgan fingerprint density at radius 1 is 1.53 bits per heavy atom. The summed E-state index contributed by atoms with van der Waals surface area (Å²) in [5.41, 5.74) is 0. The minimum absolute atomic E-state index is 0.184. The zero-order valence-electron chi connectivity index (χ0n) is 7.11. The number of carboxylic acid groups (broad SMARTS) is 1. The zero-order chi connectivity index (χ0) is 11.5. The highest BCUT2D eigenvalue weighted by atomic mass is 32.2. The van der Waals surface area contributed by atoms with Gasteiger partial charge in [0.15, 0.2) is 5.82 Å². The number of hydrogen-bond acceptors (Lipinski definition) is 5. The maximum atomic E-state index is 11.8. The summed E-state index contributed by atoms with van der Waals surface area (Å²) >= 11 is 0.668. The molecule has 0 saturated carbocycles. The number of carbonyl (C=O) groups is 1. The second-order valence-corrected chi connectivity index (χ2v) is 3.38. The predicted octanol–water partition coefficient (Wildman–Crippen LogP) is 1.35. The van der Waals surface area contributed by atoms with E-state index >= 15 is 0 Å². The summed E-state index contributed by atoms with van der Waals surface area (Å²) < 4.78 is 39.9. The topological polar surface area (TPSA) is 76.2 Å². The van der Waals surface area contributed by atoms with Crippen LogP contribution in [0.15, 0.2) is 9.75 Å². The highest BCUT2D eigenvalue weighted by Gasteiger charge is 2.30. The number of rotatable bonds is 4. The molecule has 0 atom stereocenters. The molecule has 0 fully saturated rings. The summed E-state index contributed by atoms with van der Waals surface area (Å²) in [6, 6.07) is 0. The van der Waals surface area contributed by atoms with E-state index in [9.17, 15) is 18.0 Å². The molecule has 0 radical (unpaired) electrons. The number of aliphatic carboxylic acids is 1. The minimum Gasteiger partial charge on any atom is -0.481 e. The van der Waals surface area contributed by atoms with Crippen molar-refractivity contribution in [3.05, 3.63) is 5.82 Å². The third-order valence-corrected chi connectivity index (χ3v) is 1.93. The fourth-order valence-electron chi connectivity index (χ4n) is 0.671. The average Bonchev–Trinajstić information content (AvgIpc) is 2.45. The number of nitrogens with zero attached hydrogens (tertiary/aromatic N) is 2. The molecule has 0 aliphatic carbocycles. The van der Waals surface area contributed by atoms with Gasteiger partial charge in [-0.15, -0.1) is 0 Å². The SMILES string of the molecule is O=C(O)CSc1nc(CC(F)(F)F)no1. The van der Waals surface area contributed by atoms with Crippen molar-refractivity contribution in [3.8, 4) is 0 Å². The van der Waals surface area contributed by atoms with Crippen LogP contribution in [0.1, 0.15) is 5.82 Å². The summed E-state index contributed by atoms with van der Waals surface area (Å²) in [6.07, 6.45) is -5.69. The molecule has 1 N–H and O–H groups in total.